The molecule has 8 nitrogen and oxygen atoms in total. The zero-order valence-electron chi connectivity index (χ0n) is 15.8. The fraction of sp³-hybridized carbons (Fsp3) is 0.105. The molecule has 3 aromatic rings. The molecule has 0 saturated carbocycles. The maximum absolute atomic E-state index is 11.7. The molecule has 11 heteroatoms. The number of nitrogens with zero attached hydrogens (tertiary/aromatic N) is 2. The highest BCUT2D eigenvalue weighted by Gasteiger charge is 2.24. The zero-order valence-corrected chi connectivity index (χ0v) is 18.3. The Hall–Kier alpha value is -3.02. The largest absolute Gasteiger partial charge is 0.332 e. The van der Waals surface area contributed by atoms with E-state index in [1.807, 2.05) is 36.6 Å². The van der Waals surface area contributed by atoms with Crippen LogP contribution in [0.25, 0.3) is 16.6 Å². The highest BCUT2D eigenvalue weighted by Crippen LogP contribution is 2.35. The first-order chi connectivity index (χ1) is 14.4. The number of imide groups is 1. The predicted molar refractivity (Wildman–Crippen MR) is 121 cm³/mol. The summed E-state index contributed by atoms with van der Waals surface area (Å²) in [5.74, 6) is -0.546. The van der Waals surface area contributed by atoms with Crippen molar-refractivity contribution in [3.63, 3.8) is 0 Å². The molecule has 0 bridgehead atoms. The minimum Gasteiger partial charge on any atom is -0.332 e. The van der Waals surface area contributed by atoms with Crippen molar-refractivity contribution in [2.75, 3.05) is 10.6 Å². The van der Waals surface area contributed by atoms with Crippen LogP contribution in [-0.4, -0.2) is 27.0 Å². The molecule has 1 fully saturated rings. The van der Waals surface area contributed by atoms with E-state index in [0.29, 0.717) is 15.2 Å². The number of benzene rings is 1. The summed E-state index contributed by atoms with van der Waals surface area (Å²) in [7, 11) is 0. The van der Waals surface area contributed by atoms with Gasteiger partial charge in [-0.15, -0.1) is 11.3 Å². The van der Waals surface area contributed by atoms with E-state index in [2.05, 4.69) is 25.9 Å². The lowest BCUT2D eigenvalue weighted by Crippen LogP contribution is -2.17. The second-order valence-electron chi connectivity index (χ2n) is 6.26. The molecule has 4 rings (SSSR count). The molecule has 1 aliphatic heterocycles. The summed E-state index contributed by atoms with van der Waals surface area (Å²) >= 11 is 3.72. The Morgan fingerprint density at radius 3 is 2.77 bits per heavy atom. The Bertz CT molecular complexity index is 1200. The van der Waals surface area contributed by atoms with Gasteiger partial charge in [-0.2, -0.15) is 0 Å². The van der Waals surface area contributed by atoms with Crippen LogP contribution in [0.2, 0.25) is 0 Å². The lowest BCUT2D eigenvalue weighted by Gasteiger charge is -2.04. The Morgan fingerprint density at radius 1 is 1.20 bits per heavy atom. The van der Waals surface area contributed by atoms with Crippen LogP contribution >= 0.6 is 34.4 Å². The minimum atomic E-state index is -0.383. The lowest BCUT2D eigenvalue weighted by molar-refractivity contribution is -0.115. The van der Waals surface area contributed by atoms with Crippen LogP contribution in [0.4, 0.5) is 20.7 Å². The molecule has 0 aliphatic carbocycles. The molecule has 30 heavy (non-hydrogen) atoms. The highest BCUT2D eigenvalue weighted by molar-refractivity contribution is 8.18. The number of thiazole rings is 2. The zero-order chi connectivity index (χ0) is 21.3. The molecule has 0 atom stereocenters. The quantitative estimate of drug-likeness (QED) is 0.480. The van der Waals surface area contributed by atoms with Crippen molar-refractivity contribution in [2.45, 2.75) is 13.8 Å². The average Bonchev–Trinajstić information content (AvgIpc) is 3.35. The summed E-state index contributed by atoms with van der Waals surface area (Å²) in [4.78, 5) is 44.5. The number of hydrogen-bond acceptors (Lipinski definition) is 9. The Morgan fingerprint density at radius 2 is 2.03 bits per heavy atom. The van der Waals surface area contributed by atoms with Crippen molar-refractivity contribution < 1.29 is 14.4 Å². The summed E-state index contributed by atoms with van der Waals surface area (Å²) in [6.07, 6.45) is 1.67. The van der Waals surface area contributed by atoms with Gasteiger partial charge in [0.05, 0.1) is 21.2 Å². The van der Waals surface area contributed by atoms with Gasteiger partial charge in [0.1, 0.15) is 0 Å². The van der Waals surface area contributed by atoms with E-state index in [4.69, 9.17) is 0 Å². The molecule has 152 valence electrons. The van der Waals surface area contributed by atoms with E-state index >= 15 is 0 Å². The number of nitrogens with one attached hydrogen (secondary N) is 3. The predicted octanol–water partition coefficient (Wildman–Crippen LogP) is 4.60. The Kier molecular flexibility index (Phi) is 5.66. The fourth-order valence-electron chi connectivity index (χ4n) is 2.68. The number of aromatic nitrogens is 2. The standard InChI is InChI=1S/C19H15N5O3S3/c1-9-15(30-18(20-9)21-10(2)25)13-8-28-17(23-13)22-12-5-3-4-11(6-12)7-14-16(26)24-19(27)29-14/h3-8H,1-2H3,(H,22,23)(H,20,21,25)(H,24,26,27). The summed E-state index contributed by atoms with van der Waals surface area (Å²) in [6, 6.07) is 7.47. The first kappa shape index (κ1) is 20.3. The van der Waals surface area contributed by atoms with E-state index < -0.39 is 0 Å². The van der Waals surface area contributed by atoms with Crippen molar-refractivity contribution in [3.05, 3.63) is 45.8 Å². The van der Waals surface area contributed by atoms with E-state index in [1.54, 1.807) is 6.08 Å². The number of carbonyl (C=O) groups excluding carboxylic acids is 3. The summed E-state index contributed by atoms with van der Waals surface area (Å²) in [6.45, 7) is 3.32. The summed E-state index contributed by atoms with van der Waals surface area (Å²) in [5, 5.41) is 11.0. The lowest BCUT2D eigenvalue weighted by atomic mass is 10.2. The first-order valence-electron chi connectivity index (χ1n) is 8.70. The van der Waals surface area contributed by atoms with Gasteiger partial charge in [0.25, 0.3) is 11.1 Å². The average molecular weight is 458 g/mol. The summed E-state index contributed by atoms with van der Waals surface area (Å²) in [5.41, 5.74) is 3.18. The van der Waals surface area contributed by atoms with Crippen LogP contribution in [0.5, 0.6) is 0 Å². The molecule has 2 aromatic heterocycles. The molecular formula is C19H15N5O3S3. The fourth-order valence-corrected chi connectivity index (χ4v) is 5.13. The minimum absolute atomic E-state index is 0.163. The van der Waals surface area contributed by atoms with Crippen LogP contribution in [0.15, 0.2) is 34.6 Å². The maximum atomic E-state index is 11.7. The molecule has 3 amide bonds. The molecule has 3 N–H and O–H groups in total. The third-order valence-corrected chi connectivity index (χ3v) is 6.56. The molecule has 0 radical (unpaired) electrons. The second-order valence-corrected chi connectivity index (χ2v) is 9.13. The van der Waals surface area contributed by atoms with Gasteiger partial charge in [0, 0.05) is 18.0 Å². The van der Waals surface area contributed by atoms with Gasteiger partial charge in [-0.25, -0.2) is 9.97 Å². The van der Waals surface area contributed by atoms with Crippen molar-refractivity contribution in [1.29, 1.82) is 0 Å². The molecular weight excluding hydrogens is 442 g/mol. The van der Waals surface area contributed by atoms with Crippen molar-refractivity contribution in [2.24, 2.45) is 0 Å². The molecule has 1 aromatic carbocycles. The van der Waals surface area contributed by atoms with Crippen molar-refractivity contribution in [1.82, 2.24) is 15.3 Å². The van der Waals surface area contributed by atoms with Crippen molar-refractivity contribution >= 4 is 73.5 Å². The van der Waals surface area contributed by atoms with Gasteiger partial charge < -0.3 is 10.6 Å². The smallest absolute Gasteiger partial charge is 0.290 e. The van der Waals surface area contributed by atoms with E-state index in [0.717, 1.165) is 39.3 Å². The van der Waals surface area contributed by atoms with E-state index in [-0.39, 0.29) is 17.1 Å². The van der Waals surface area contributed by atoms with Crippen molar-refractivity contribution in [3.8, 4) is 10.6 Å². The Labute approximate surface area is 183 Å². The van der Waals surface area contributed by atoms with E-state index in [9.17, 15) is 14.4 Å². The second kappa shape index (κ2) is 8.38. The van der Waals surface area contributed by atoms with Crippen LogP contribution in [0, 0.1) is 6.92 Å². The Balaban J connectivity index is 1.51. The van der Waals surface area contributed by atoms with Crippen LogP contribution in [-0.2, 0) is 9.59 Å². The number of aryl methyl sites for hydroxylation is 1. The van der Waals surface area contributed by atoms with Crippen LogP contribution in [0.3, 0.4) is 0 Å². The third-order valence-electron chi connectivity index (χ3n) is 3.89. The molecule has 1 saturated heterocycles. The SMILES string of the molecule is CC(=O)Nc1nc(C)c(-c2csc(Nc3cccc(C=C4SC(=O)NC4=O)c3)n2)s1. The number of rotatable bonds is 5. The van der Waals surface area contributed by atoms with E-state index in [1.165, 1.54) is 29.6 Å². The number of anilines is 3. The highest BCUT2D eigenvalue weighted by atomic mass is 32.2. The molecule has 0 spiro atoms. The van der Waals surface area contributed by atoms with Crippen LogP contribution < -0.4 is 16.0 Å². The van der Waals surface area contributed by atoms with Gasteiger partial charge in [-0.3, -0.25) is 19.7 Å². The number of thioether (sulfide) groups is 1. The summed E-state index contributed by atoms with van der Waals surface area (Å²) < 4.78 is 0. The van der Waals surface area contributed by atoms with Gasteiger partial charge in [0.15, 0.2) is 10.3 Å². The topological polar surface area (TPSA) is 113 Å². The van der Waals surface area contributed by atoms with Gasteiger partial charge in [-0.1, -0.05) is 23.5 Å². The number of hydrogen-bond donors (Lipinski definition) is 3. The molecule has 3 heterocycles. The van der Waals surface area contributed by atoms with Gasteiger partial charge >= 0.3 is 0 Å². The normalized spacial score (nSPS) is 14.8. The van der Waals surface area contributed by atoms with Crippen LogP contribution in [0.1, 0.15) is 18.2 Å². The monoisotopic (exact) mass is 457 g/mol. The first-order valence-corrected chi connectivity index (χ1v) is 11.2. The molecule has 0 unspecified atom stereocenters. The van der Waals surface area contributed by atoms with Gasteiger partial charge in [-0.05, 0) is 42.5 Å². The third kappa shape index (κ3) is 4.58. The molecule has 1 aliphatic rings. The van der Waals surface area contributed by atoms with Gasteiger partial charge in [0.2, 0.25) is 5.91 Å². The maximum Gasteiger partial charge on any atom is 0.290 e. The number of carbonyl (C=O) groups is 3. The number of amides is 3.